The van der Waals surface area contributed by atoms with Gasteiger partial charge in [-0.15, -0.1) is 0 Å². The van der Waals surface area contributed by atoms with E-state index in [4.69, 9.17) is 0 Å². The van der Waals surface area contributed by atoms with Gasteiger partial charge in [-0.25, -0.2) is 8.42 Å². The van der Waals surface area contributed by atoms with Crippen molar-refractivity contribution in [2.75, 3.05) is 6.26 Å². The van der Waals surface area contributed by atoms with Gasteiger partial charge in [-0.05, 0) is 45.0 Å². The van der Waals surface area contributed by atoms with Gasteiger partial charge in [-0.3, -0.25) is 9.78 Å². The van der Waals surface area contributed by atoms with Crippen molar-refractivity contribution in [3.05, 3.63) is 41.6 Å². The standard InChI is InChI=1S/C15H17NO3S/c1-10-5-6-11-9-12(7-8-13(11)16-10)14(17)15(2,3)20(4,18)19/h5-9H,1-4H3. The Labute approximate surface area is 118 Å². The van der Waals surface area contributed by atoms with E-state index in [9.17, 15) is 13.2 Å². The molecule has 4 nitrogen and oxygen atoms in total. The molecule has 106 valence electrons. The number of aromatic nitrogens is 1. The van der Waals surface area contributed by atoms with Gasteiger partial charge in [0, 0.05) is 22.9 Å². The minimum absolute atomic E-state index is 0.388. The zero-order chi connectivity index (χ0) is 15.1. The lowest BCUT2D eigenvalue weighted by atomic mass is 9.98. The molecule has 0 atom stereocenters. The number of sulfone groups is 1. The Morgan fingerprint density at radius 3 is 2.40 bits per heavy atom. The number of carbonyl (C=O) groups excluding carboxylic acids is 1. The van der Waals surface area contributed by atoms with Crippen LogP contribution in [0, 0.1) is 6.92 Å². The quantitative estimate of drug-likeness (QED) is 0.815. The Morgan fingerprint density at radius 1 is 1.15 bits per heavy atom. The Hall–Kier alpha value is -1.75. The number of nitrogens with zero attached hydrogens (tertiary/aromatic N) is 1. The van der Waals surface area contributed by atoms with Crippen LogP contribution in [-0.2, 0) is 9.84 Å². The molecule has 1 aromatic carbocycles. The molecule has 0 spiro atoms. The molecule has 1 heterocycles. The largest absolute Gasteiger partial charge is 0.292 e. The van der Waals surface area contributed by atoms with Gasteiger partial charge >= 0.3 is 0 Å². The fourth-order valence-corrected chi connectivity index (χ4v) is 2.34. The van der Waals surface area contributed by atoms with Gasteiger partial charge < -0.3 is 0 Å². The summed E-state index contributed by atoms with van der Waals surface area (Å²) < 4.78 is 22.1. The van der Waals surface area contributed by atoms with E-state index in [0.717, 1.165) is 22.9 Å². The fourth-order valence-electron chi connectivity index (χ4n) is 1.88. The van der Waals surface area contributed by atoms with E-state index in [1.807, 2.05) is 19.1 Å². The lowest BCUT2D eigenvalue weighted by Crippen LogP contribution is -2.39. The topological polar surface area (TPSA) is 64.1 Å². The number of Topliss-reactive ketones (excluding diaryl/α,β-unsaturated/α-hetero) is 1. The Balaban J connectivity index is 2.54. The molecule has 0 saturated carbocycles. The molecule has 2 rings (SSSR count). The van der Waals surface area contributed by atoms with Crippen LogP contribution in [0.15, 0.2) is 30.3 Å². The van der Waals surface area contributed by atoms with E-state index in [-0.39, 0.29) is 0 Å². The Bertz CT molecular complexity index is 792. The first-order chi connectivity index (χ1) is 9.13. The zero-order valence-electron chi connectivity index (χ0n) is 12.0. The lowest BCUT2D eigenvalue weighted by Gasteiger charge is -2.21. The van der Waals surface area contributed by atoms with Crippen molar-refractivity contribution < 1.29 is 13.2 Å². The van der Waals surface area contributed by atoms with E-state index in [1.165, 1.54) is 13.8 Å². The summed E-state index contributed by atoms with van der Waals surface area (Å²) in [5, 5.41) is 0.825. The van der Waals surface area contributed by atoms with Crippen LogP contribution < -0.4 is 0 Å². The van der Waals surface area contributed by atoms with Crippen LogP contribution in [0.1, 0.15) is 29.9 Å². The first-order valence-corrected chi connectivity index (χ1v) is 8.14. The molecule has 5 heteroatoms. The number of ketones is 1. The van der Waals surface area contributed by atoms with Crippen molar-refractivity contribution in [2.24, 2.45) is 0 Å². The molecule has 0 amide bonds. The third-order valence-corrected chi connectivity index (χ3v) is 5.60. The molecule has 0 fully saturated rings. The predicted octanol–water partition coefficient (Wildman–Crippen LogP) is 2.55. The highest BCUT2D eigenvalue weighted by molar-refractivity contribution is 7.92. The Morgan fingerprint density at radius 2 is 1.80 bits per heavy atom. The van der Waals surface area contributed by atoms with Crippen molar-refractivity contribution in [3.8, 4) is 0 Å². The van der Waals surface area contributed by atoms with E-state index in [0.29, 0.717) is 5.56 Å². The highest BCUT2D eigenvalue weighted by atomic mass is 32.2. The maximum absolute atomic E-state index is 12.4. The first kappa shape index (κ1) is 14.7. The van der Waals surface area contributed by atoms with Gasteiger partial charge in [-0.1, -0.05) is 6.07 Å². The lowest BCUT2D eigenvalue weighted by molar-refractivity contribution is 0.0954. The number of hydrogen-bond acceptors (Lipinski definition) is 4. The van der Waals surface area contributed by atoms with Crippen LogP contribution >= 0.6 is 0 Å². The van der Waals surface area contributed by atoms with Gasteiger partial charge in [0.1, 0.15) is 4.75 Å². The molecule has 0 aliphatic carbocycles. The average molecular weight is 291 g/mol. The molecule has 0 unspecified atom stereocenters. The minimum atomic E-state index is -3.47. The van der Waals surface area contributed by atoms with Crippen molar-refractivity contribution in [3.63, 3.8) is 0 Å². The number of benzene rings is 1. The normalized spacial score (nSPS) is 12.6. The number of carbonyl (C=O) groups is 1. The highest BCUT2D eigenvalue weighted by Crippen LogP contribution is 2.23. The van der Waals surface area contributed by atoms with Gasteiger partial charge in [0.25, 0.3) is 0 Å². The van der Waals surface area contributed by atoms with Crippen molar-refractivity contribution >= 4 is 26.5 Å². The van der Waals surface area contributed by atoms with Crippen LogP contribution in [0.25, 0.3) is 10.9 Å². The van der Waals surface area contributed by atoms with Crippen LogP contribution in [0.2, 0.25) is 0 Å². The molecule has 2 aromatic rings. The molecular weight excluding hydrogens is 274 g/mol. The number of aryl methyl sites for hydroxylation is 1. The molecule has 0 bridgehead atoms. The monoisotopic (exact) mass is 291 g/mol. The number of rotatable bonds is 3. The summed E-state index contributed by atoms with van der Waals surface area (Å²) in [6, 6.07) is 8.80. The second-order valence-corrected chi connectivity index (χ2v) is 8.04. The average Bonchev–Trinajstić information content (AvgIpc) is 2.35. The van der Waals surface area contributed by atoms with E-state index in [2.05, 4.69) is 4.98 Å². The molecule has 0 aliphatic rings. The maximum atomic E-state index is 12.4. The summed E-state index contributed by atoms with van der Waals surface area (Å²) in [4.78, 5) is 16.8. The number of fused-ring (bicyclic) bond motifs is 1. The van der Waals surface area contributed by atoms with E-state index < -0.39 is 20.4 Å². The summed E-state index contributed by atoms with van der Waals surface area (Å²) in [6.45, 7) is 4.76. The molecule has 0 saturated heterocycles. The third kappa shape index (κ3) is 2.45. The maximum Gasteiger partial charge on any atom is 0.183 e. The second-order valence-electron chi connectivity index (χ2n) is 5.47. The molecular formula is C15H17NO3S. The van der Waals surface area contributed by atoms with Gasteiger partial charge in [0.15, 0.2) is 15.6 Å². The van der Waals surface area contributed by atoms with Gasteiger partial charge in [0.05, 0.1) is 5.52 Å². The fraction of sp³-hybridized carbons (Fsp3) is 0.333. The van der Waals surface area contributed by atoms with Gasteiger partial charge in [0.2, 0.25) is 0 Å². The first-order valence-electron chi connectivity index (χ1n) is 6.25. The second kappa shape index (κ2) is 4.66. The molecule has 1 aromatic heterocycles. The molecule has 0 aliphatic heterocycles. The van der Waals surface area contributed by atoms with Gasteiger partial charge in [-0.2, -0.15) is 0 Å². The Kier molecular flexibility index (Phi) is 3.42. The van der Waals surface area contributed by atoms with Crippen molar-refractivity contribution in [1.29, 1.82) is 0 Å². The molecule has 0 N–H and O–H groups in total. The smallest absolute Gasteiger partial charge is 0.183 e. The zero-order valence-corrected chi connectivity index (χ0v) is 12.8. The third-order valence-electron chi connectivity index (χ3n) is 3.56. The number of pyridine rings is 1. The summed E-state index contributed by atoms with van der Waals surface area (Å²) in [5.41, 5.74) is 2.07. The van der Waals surface area contributed by atoms with E-state index >= 15 is 0 Å². The minimum Gasteiger partial charge on any atom is -0.292 e. The SMILES string of the molecule is Cc1ccc2cc(C(=O)C(C)(C)S(C)(=O)=O)ccc2n1. The van der Waals surface area contributed by atoms with Crippen LogP contribution in [-0.4, -0.2) is 30.2 Å². The summed E-state index contributed by atoms with van der Waals surface area (Å²) in [5.74, 6) is -0.400. The van der Waals surface area contributed by atoms with Crippen LogP contribution in [0.4, 0.5) is 0 Å². The summed E-state index contributed by atoms with van der Waals surface area (Å²) in [6.07, 6.45) is 1.08. The van der Waals surface area contributed by atoms with Crippen molar-refractivity contribution in [1.82, 2.24) is 4.98 Å². The van der Waals surface area contributed by atoms with Crippen LogP contribution in [0.3, 0.4) is 0 Å². The highest BCUT2D eigenvalue weighted by Gasteiger charge is 2.38. The molecule has 20 heavy (non-hydrogen) atoms. The van der Waals surface area contributed by atoms with Crippen LogP contribution in [0.5, 0.6) is 0 Å². The number of hydrogen-bond donors (Lipinski definition) is 0. The summed E-state index contributed by atoms with van der Waals surface area (Å²) >= 11 is 0. The van der Waals surface area contributed by atoms with E-state index in [1.54, 1.807) is 18.2 Å². The van der Waals surface area contributed by atoms with Crippen molar-refractivity contribution in [2.45, 2.75) is 25.5 Å². The summed E-state index contributed by atoms with van der Waals surface area (Å²) in [7, 11) is -3.47. The predicted molar refractivity (Wildman–Crippen MR) is 79.7 cm³/mol. The molecule has 0 radical (unpaired) electrons.